The van der Waals surface area contributed by atoms with E-state index >= 15 is 0 Å². The second-order valence-corrected chi connectivity index (χ2v) is 6.18. The van der Waals surface area contributed by atoms with Gasteiger partial charge < -0.3 is 9.30 Å². The smallest absolute Gasteiger partial charge is 0.274 e. The molecule has 3 rings (SSSR count). The highest BCUT2D eigenvalue weighted by Gasteiger charge is 2.14. The first-order chi connectivity index (χ1) is 11.0. The number of amides is 1. The Morgan fingerprint density at radius 3 is 2.87 bits per heavy atom. The minimum Gasteiger partial charge on any atom is -0.491 e. The molecule has 1 aromatic carbocycles. The lowest BCUT2D eigenvalue weighted by molar-refractivity contribution is 0.101. The number of pyridine rings is 1. The molecule has 0 aliphatic heterocycles. The first-order valence-electron chi connectivity index (χ1n) is 6.91. The van der Waals surface area contributed by atoms with Crippen molar-refractivity contribution in [3.8, 4) is 5.75 Å². The number of aromatic nitrogens is 2. The minimum absolute atomic E-state index is 0.194. The molecule has 2 heterocycles. The molecule has 23 heavy (non-hydrogen) atoms. The standard InChI is InChI=1S/C16H15N3O3S/c1-9-4-5-10-14(6-9)23-16(17-10)18-15(21)11-7-12(20)13(22-3)8-19(11)2/h4-8H,1-3H3,(H,17,18,21). The third-order valence-corrected chi connectivity index (χ3v) is 4.35. The van der Waals surface area contributed by atoms with Crippen molar-refractivity contribution in [3.05, 3.63) is 51.9 Å². The maximum absolute atomic E-state index is 12.4. The van der Waals surface area contributed by atoms with Gasteiger partial charge in [-0.3, -0.25) is 14.9 Å². The van der Waals surface area contributed by atoms with Crippen LogP contribution < -0.4 is 15.5 Å². The molecule has 0 saturated carbocycles. The van der Waals surface area contributed by atoms with E-state index in [1.807, 2.05) is 25.1 Å². The molecule has 0 unspecified atom stereocenters. The number of aryl methyl sites for hydroxylation is 2. The van der Waals surface area contributed by atoms with Gasteiger partial charge in [-0.2, -0.15) is 0 Å². The number of methoxy groups -OCH3 is 1. The lowest BCUT2D eigenvalue weighted by Crippen LogP contribution is -2.21. The van der Waals surface area contributed by atoms with Gasteiger partial charge in [0.2, 0.25) is 5.43 Å². The second kappa shape index (κ2) is 5.85. The van der Waals surface area contributed by atoms with Gasteiger partial charge >= 0.3 is 0 Å². The van der Waals surface area contributed by atoms with Crippen LogP contribution in [-0.2, 0) is 7.05 Å². The van der Waals surface area contributed by atoms with E-state index in [0.29, 0.717) is 5.13 Å². The topological polar surface area (TPSA) is 73.2 Å². The van der Waals surface area contributed by atoms with Crippen LogP contribution in [-0.4, -0.2) is 22.6 Å². The average molecular weight is 329 g/mol. The van der Waals surface area contributed by atoms with Crippen LogP contribution in [0.1, 0.15) is 16.1 Å². The molecule has 0 aliphatic rings. The Bertz CT molecular complexity index is 959. The fraction of sp³-hybridized carbons (Fsp3) is 0.188. The van der Waals surface area contributed by atoms with Crippen LogP contribution in [0.5, 0.6) is 5.75 Å². The minimum atomic E-state index is -0.386. The fourth-order valence-electron chi connectivity index (χ4n) is 2.23. The van der Waals surface area contributed by atoms with Crippen molar-refractivity contribution in [2.24, 2.45) is 7.05 Å². The zero-order valence-corrected chi connectivity index (χ0v) is 13.7. The molecule has 0 fully saturated rings. The molecule has 1 amide bonds. The fourth-order valence-corrected chi connectivity index (χ4v) is 3.19. The molecule has 0 atom stereocenters. The van der Waals surface area contributed by atoms with Crippen molar-refractivity contribution in [2.75, 3.05) is 12.4 Å². The monoisotopic (exact) mass is 329 g/mol. The van der Waals surface area contributed by atoms with E-state index in [4.69, 9.17) is 4.74 Å². The Kier molecular flexibility index (Phi) is 3.87. The molecule has 0 spiro atoms. The van der Waals surface area contributed by atoms with Crippen LogP contribution in [0.15, 0.2) is 35.3 Å². The maximum Gasteiger partial charge on any atom is 0.274 e. The van der Waals surface area contributed by atoms with Crippen LogP contribution in [0, 0.1) is 6.92 Å². The highest BCUT2D eigenvalue weighted by Crippen LogP contribution is 2.26. The Morgan fingerprint density at radius 1 is 1.35 bits per heavy atom. The number of fused-ring (bicyclic) bond motifs is 1. The number of benzene rings is 1. The molecule has 0 saturated heterocycles. The van der Waals surface area contributed by atoms with E-state index < -0.39 is 0 Å². The molecular weight excluding hydrogens is 314 g/mol. The second-order valence-electron chi connectivity index (χ2n) is 5.15. The van der Waals surface area contributed by atoms with Crippen LogP contribution in [0.4, 0.5) is 5.13 Å². The van der Waals surface area contributed by atoms with Crippen molar-refractivity contribution in [1.29, 1.82) is 0 Å². The summed E-state index contributed by atoms with van der Waals surface area (Å²) in [6.07, 6.45) is 1.49. The van der Waals surface area contributed by atoms with Crippen molar-refractivity contribution < 1.29 is 9.53 Å². The maximum atomic E-state index is 12.4. The molecular formula is C16H15N3O3S. The Labute approximate surface area is 136 Å². The zero-order valence-electron chi connectivity index (χ0n) is 12.9. The number of carbonyl (C=O) groups excluding carboxylic acids is 1. The molecule has 7 heteroatoms. The third-order valence-electron chi connectivity index (χ3n) is 3.42. The number of thiazole rings is 1. The predicted octanol–water partition coefficient (Wildman–Crippen LogP) is 2.56. The van der Waals surface area contributed by atoms with Crippen molar-refractivity contribution >= 4 is 32.6 Å². The number of hydrogen-bond donors (Lipinski definition) is 1. The van der Waals surface area contributed by atoms with E-state index in [1.54, 1.807) is 11.6 Å². The summed E-state index contributed by atoms with van der Waals surface area (Å²) >= 11 is 1.40. The number of rotatable bonds is 3. The van der Waals surface area contributed by atoms with E-state index in [1.165, 1.54) is 30.7 Å². The largest absolute Gasteiger partial charge is 0.491 e. The van der Waals surface area contributed by atoms with E-state index in [0.717, 1.165) is 15.8 Å². The lowest BCUT2D eigenvalue weighted by Gasteiger charge is -2.09. The summed E-state index contributed by atoms with van der Waals surface area (Å²) in [6, 6.07) is 7.16. The van der Waals surface area contributed by atoms with Gasteiger partial charge in [-0.05, 0) is 24.6 Å². The highest BCUT2D eigenvalue weighted by atomic mass is 32.1. The Balaban J connectivity index is 1.91. The van der Waals surface area contributed by atoms with Gasteiger partial charge in [0.1, 0.15) is 5.69 Å². The summed E-state index contributed by atoms with van der Waals surface area (Å²) < 4.78 is 7.51. The zero-order chi connectivity index (χ0) is 16.6. The molecule has 118 valence electrons. The summed E-state index contributed by atoms with van der Waals surface area (Å²) in [6.45, 7) is 2.00. The average Bonchev–Trinajstić information content (AvgIpc) is 2.90. The van der Waals surface area contributed by atoms with Crippen LogP contribution in [0.25, 0.3) is 10.2 Å². The highest BCUT2D eigenvalue weighted by molar-refractivity contribution is 7.22. The summed E-state index contributed by atoms with van der Waals surface area (Å²) in [7, 11) is 3.10. The van der Waals surface area contributed by atoms with Crippen molar-refractivity contribution in [1.82, 2.24) is 9.55 Å². The third kappa shape index (κ3) is 2.95. The van der Waals surface area contributed by atoms with Crippen molar-refractivity contribution in [2.45, 2.75) is 6.92 Å². The van der Waals surface area contributed by atoms with E-state index in [9.17, 15) is 9.59 Å². The van der Waals surface area contributed by atoms with Crippen LogP contribution in [0.2, 0.25) is 0 Å². The lowest BCUT2D eigenvalue weighted by atomic mass is 10.2. The molecule has 6 nitrogen and oxygen atoms in total. The van der Waals surface area contributed by atoms with E-state index in [2.05, 4.69) is 10.3 Å². The number of nitrogens with one attached hydrogen (secondary N) is 1. The summed E-state index contributed by atoms with van der Waals surface area (Å²) in [5.74, 6) is -0.192. The van der Waals surface area contributed by atoms with Gasteiger partial charge in [0.25, 0.3) is 5.91 Å². The van der Waals surface area contributed by atoms with Crippen LogP contribution in [0.3, 0.4) is 0 Å². The van der Waals surface area contributed by atoms with Gasteiger partial charge in [0.05, 0.1) is 23.5 Å². The molecule has 1 N–H and O–H groups in total. The summed E-state index contributed by atoms with van der Waals surface area (Å²) in [5.41, 5.74) is 1.87. The molecule has 0 bridgehead atoms. The predicted molar refractivity (Wildman–Crippen MR) is 90.5 cm³/mol. The van der Waals surface area contributed by atoms with Gasteiger partial charge in [-0.1, -0.05) is 17.4 Å². The molecule has 0 aliphatic carbocycles. The normalized spacial score (nSPS) is 10.7. The summed E-state index contributed by atoms with van der Waals surface area (Å²) in [5, 5.41) is 3.24. The number of nitrogens with zero attached hydrogens (tertiary/aromatic N) is 2. The van der Waals surface area contributed by atoms with Gasteiger partial charge in [-0.25, -0.2) is 4.98 Å². The van der Waals surface area contributed by atoms with E-state index in [-0.39, 0.29) is 22.8 Å². The Morgan fingerprint density at radius 2 is 2.13 bits per heavy atom. The SMILES string of the molecule is COc1cn(C)c(C(=O)Nc2nc3ccc(C)cc3s2)cc1=O. The Hall–Kier alpha value is -2.67. The summed E-state index contributed by atoms with van der Waals surface area (Å²) in [4.78, 5) is 28.6. The molecule has 0 radical (unpaired) electrons. The molecule has 3 aromatic rings. The number of hydrogen-bond acceptors (Lipinski definition) is 5. The first kappa shape index (κ1) is 15.2. The van der Waals surface area contributed by atoms with Gasteiger partial charge in [0, 0.05) is 13.1 Å². The first-order valence-corrected chi connectivity index (χ1v) is 7.73. The van der Waals surface area contributed by atoms with Crippen LogP contribution >= 0.6 is 11.3 Å². The van der Waals surface area contributed by atoms with Crippen molar-refractivity contribution in [3.63, 3.8) is 0 Å². The number of anilines is 1. The molecule has 2 aromatic heterocycles. The number of carbonyl (C=O) groups is 1. The quantitative estimate of drug-likeness (QED) is 0.801. The number of ether oxygens (including phenoxy) is 1. The van der Waals surface area contributed by atoms with Gasteiger partial charge in [-0.15, -0.1) is 0 Å². The van der Waals surface area contributed by atoms with Gasteiger partial charge in [0.15, 0.2) is 10.9 Å².